The number of aldehydes is 3. The molecular weight excluding hydrogens is 823 g/mol. The Bertz CT molecular complexity index is 2460. The molecule has 0 fully saturated rings. The highest BCUT2D eigenvalue weighted by molar-refractivity contribution is 5.83. The molecule has 0 bridgehead atoms. The summed E-state index contributed by atoms with van der Waals surface area (Å²) in [6.45, 7) is 19.1. The summed E-state index contributed by atoms with van der Waals surface area (Å²) in [5.41, 5.74) is 7.27. The van der Waals surface area contributed by atoms with E-state index in [4.69, 9.17) is 23.0 Å². The Morgan fingerprint density at radius 3 is 1.23 bits per heavy atom. The van der Waals surface area contributed by atoms with Crippen LogP contribution >= 0.6 is 0 Å². The second-order valence-electron chi connectivity index (χ2n) is 15.4. The monoisotopic (exact) mass is 883 g/mol. The van der Waals surface area contributed by atoms with Crippen molar-refractivity contribution >= 4 is 18.9 Å². The van der Waals surface area contributed by atoms with Gasteiger partial charge in [0.25, 0.3) is 0 Å². The number of rotatable bonds is 16. The number of carbonyl (C=O) groups is 3. The molecule has 0 atom stereocenters. The normalized spacial score (nSPS) is 10.4. The summed E-state index contributed by atoms with van der Waals surface area (Å²) in [5.74, 6) is 3.79. The topological polar surface area (TPSA) is 229 Å². The Hall–Kier alpha value is -6.90. The molecule has 4 N–H and O–H groups in total. The number of unbranched alkanes of at least 4 members (excludes halogenated alkanes) is 1. The maximum absolute atomic E-state index is 11.1. The van der Waals surface area contributed by atoms with Gasteiger partial charge >= 0.3 is 0 Å². The lowest BCUT2D eigenvalue weighted by Crippen LogP contribution is -2.04. The summed E-state index contributed by atoms with van der Waals surface area (Å²) in [6, 6.07) is 10.5. The van der Waals surface area contributed by atoms with Gasteiger partial charge in [0.15, 0.2) is 18.9 Å². The summed E-state index contributed by atoms with van der Waals surface area (Å²) >= 11 is 0. The molecule has 3 aromatic carbocycles. The fourth-order valence-electron chi connectivity index (χ4n) is 6.44. The number of hydrogen-bond acceptors (Lipinski definition) is 15. The van der Waals surface area contributed by atoms with E-state index in [0.717, 1.165) is 71.9 Å². The van der Waals surface area contributed by atoms with Crippen LogP contribution in [-0.4, -0.2) is 68.0 Å². The van der Waals surface area contributed by atoms with Gasteiger partial charge in [-0.15, -0.1) is 0 Å². The van der Waals surface area contributed by atoms with Gasteiger partial charge in [-0.05, 0) is 116 Å². The molecule has 3 heterocycles. The van der Waals surface area contributed by atoms with E-state index in [1.165, 1.54) is 18.9 Å². The molecule has 0 amide bonds. The molecular formula is C49H61N3O12. The molecule has 0 radical (unpaired) electrons. The molecule has 3 aromatic heterocycles. The van der Waals surface area contributed by atoms with E-state index in [0.29, 0.717) is 77.1 Å². The smallest absolute Gasteiger partial charge is 0.153 e. The van der Waals surface area contributed by atoms with Gasteiger partial charge in [-0.2, -0.15) is 0 Å². The van der Waals surface area contributed by atoms with Crippen LogP contribution in [0.5, 0.6) is 34.5 Å². The standard InChI is InChI=1S/2C16H19NO4.C9H10O3.C8H13NO/c1-10-7-13(9-18)15(19)12(3)16(10)20-6-4-5-14-8-11(2)17-21-14;1-10-7-13(9-18)16(12(3)15(10)19)20-6-4-5-14-8-11(2)17-21-14;1-5-3-7(4-10)9(12)6(2)8(5)11;1-3-4-5-8-6-7(2)9-10-8/h2*7-9,19H,4-6H2,1-3H3;3-4,11-12H,1-2H3;6H,3-5H2,1-2H3. The number of phenolic OH excluding ortho intramolecular Hbond substituents is 4. The highest BCUT2D eigenvalue weighted by Gasteiger charge is 2.15. The molecule has 0 aliphatic heterocycles. The van der Waals surface area contributed by atoms with E-state index in [9.17, 15) is 34.8 Å². The van der Waals surface area contributed by atoms with Crippen LogP contribution in [-0.2, 0) is 19.3 Å². The molecule has 0 aliphatic carbocycles. The number of aryl methyl sites for hydroxylation is 9. The predicted molar refractivity (Wildman–Crippen MR) is 241 cm³/mol. The molecule has 0 saturated heterocycles. The summed E-state index contributed by atoms with van der Waals surface area (Å²) < 4.78 is 26.7. The predicted octanol–water partition coefficient (Wildman–Crippen LogP) is 10.1. The zero-order valence-electron chi connectivity index (χ0n) is 38.5. The number of carbonyl (C=O) groups excluding carboxylic acids is 3. The van der Waals surface area contributed by atoms with Crippen molar-refractivity contribution in [3.8, 4) is 34.5 Å². The van der Waals surface area contributed by atoms with Crippen molar-refractivity contribution in [2.45, 2.75) is 114 Å². The highest BCUT2D eigenvalue weighted by Crippen LogP contribution is 2.35. The van der Waals surface area contributed by atoms with Crippen molar-refractivity contribution in [3.63, 3.8) is 0 Å². The number of aromatic hydroxyl groups is 4. The Morgan fingerprint density at radius 1 is 0.469 bits per heavy atom. The van der Waals surface area contributed by atoms with Crippen molar-refractivity contribution in [2.75, 3.05) is 13.2 Å². The lowest BCUT2D eigenvalue weighted by atomic mass is 10.0. The lowest BCUT2D eigenvalue weighted by molar-refractivity contribution is 0.111. The maximum Gasteiger partial charge on any atom is 0.153 e. The van der Waals surface area contributed by atoms with Crippen LogP contribution < -0.4 is 9.47 Å². The number of aromatic nitrogens is 3. The molecule has 15 nitrogen and oxygen atoms in total. The first-order valence-corrected chi connectivity index (χ1v) is 21.0. The van der Waals surface area contributed by atoms with E-state index in [-0.39, 0.29) is 34.1 Å². The fourth-order valence-corrected chi connectivity index (χ4v) is 6.44. The third kappa shape index (κ3) is 14.9. The van der Waals surface area contributed by atoms with Crippen molar-refractivity contribution in [1.29, 1.82) is 0 Å². The zero-order valence-corrected chi connectivity index (χ0v) is 38.5. The Kier molecular flexibility index (Phi) is 20.3. The third-order valence-corrected chi connectivity index (χ3v) is 9.95. The first-order chi connectivity index (χ1) is 30.4. The maximum atomic E-state index is 11.1. The van der Waals surface area contributed by atoms with E-state index in [1.54, 1.807) is 46.8 Å². The van der Waals surface area contributed by atoms with Gasteiger partial charge in [0.2, 0.25) is 0 Å². The first kappa shape index (κ1) is 51.5. The Balaban J connectivity index is 0.000000237. The fraction of sp³-hybridized carbons (Fsp3) is 0.388. The van der Waals surface area contributed by atoms with Crippen LogP contribution in [0.4, 0.5) is 0 Å². The molecule has 15 heteroatoms. The van der Waals surface area contributed by atoms with E-state index in [1.807, 2.05) is 45.9 Å². The minimum atomic E-state index is -0.145. The average molecular weight is 884 g/mol. The van der Waals surface area contributed by atoms with Crippen LogP contribution in [0.15, 0.2) is 50.0 Å². The summed E-state index contributed by atoms with van der Waals surface area (Å²) in [4.78, 5) is 32.4. The number of nitrogens with zero attached hydrogens (tertiary/aromatic N) is 3. The van der Waals surface area contributed by atoms with Crippen molar-refractivity contribution < 1.29 is 57.9 Å². The van der Waals surface area contributed by atoms with Gasteiger partial charge in [0.05, 0.1) is 47.0 Å². The van der Waals surface area contributed by atoms with Crippen LogP contribution in [0, 0.1) is 62.3 Å². The lowest BCUT2D eigenvalue weighted by Gasteiger charge is -2.14. The number of phenols is 4. The van der Waals surface area contributed by atoms with Crippen LogP contribution in [0.2, 0.25) is 0 Å². The van der Waals surface area contributed by atoms with Gasteiger partial charge in [0, 0.05) is 54.2 Å². The molecule has 0 spiro atoms. The molecule has 0 aliphatic rings. The number of benzene rings is 3. The van der Waals surface area contributed by atoms with E-state index in [2.05, 4.69) is 22.4 Å². The summed E-state index contributed by atoms with van der Waals surface area (Å²) in [5, 5.41) is 49.9. The van der Waals surface area contributed by atoms with Crippen molar-refractivity contribution in [2.24, 2.45) is 0 Å². The minimum absolute atomic E-state index is 0.0172. The first-order valence-electron chi connectivity index (χ1n) is 21.0. The summed E-state index contributed by atoms with van der Waals surface area (Å²) in [7, 11) is 0. The van der Waals surface area contributed by atoms with Crippen LogP contribution in [0.1, 0.15) is 131 Å². The Morgan fingerprint density at radius 2 is 0.828 bits per heavy atom. The number of hydrogen-bond donors (Lipinski definition) is 4. The third-order valence-electron chi connectivity index (χ3n) is 9.95. The molecule has 6 rings (SSSR count). The van der Waals surface area contributed by atoms with E-state index < -0.39 is 0 Å². The number of ether oxygens (including phenoxy) is 2. The molecule has 0 unspecified atom stereocenters. The quantitative estimate of drug-likeness (QED) is 0.0523. The van der Waals surface area contributed by atoms with Crippen LogP contribution in [0.25, 0.3) is 0 Å². The zero-order chi connectivity index (χ0) is 47.5. The molecule has 6 aromatic rings. The molecule has 64 heavy (non-hydrogen) atoms. The highest BCUT2D eigenvalue weighted by atomic mass is 16.5. The molecule has 0 saturated carbocycles. The minimum Gasteiger partial charge on any atom is -0.507 e. The van der Waals surface area contributed by atoms with E-state index >= 15 is 0 Å². The molecule has 344 valence electrons. The van der Waals surface area contributed by atoms with Gasteiger partial charge in [-0.3, -0.25) is 14.4 Å². The van der Waals surface area contributed by atoms with Gasteiger partial charge < -0.3 is 43.5 Å². The average Bonchev–Trinajstić information content (AvgIpc) is 4.03. The Labute approximate surface area is 374 Å². The van der Waals surface area contributed by atoms with Crippen molar-refractivity contribution in [3.05, 3.63) is 121 Å². The second kappa shape index (κ2) is 25.3. The largest absolute Gasteiger partial charge is 0.507 e. The second-order valence-corrected chi connectivity index (χ2v) is 15.4. The van der Waals surface area contributed by atoms with Crippen LogP contribution in [0.3, 0.4) is 0 Å². The SMILES string of the molecule is CCCCc1cc(C)no1.Cc1cc(C=O)c(O)c(C)c1O.Cc1cc(CCCOc2c(C)cc(C=O)c(O)c2C)on1.Cc1cc(CCCOc2c(C=O)cc(C)c(O)c2C)on1. The van der Waals surface area contributed by atoms with Gasteiger partial charge in [0.1, 0.15) is 51.8 Å². The summed E-state index contributed by atoms with van der Waals surface area (Å²) in [6.07, 6.45) is 8.36. The van der Waals surface area contributed by atoms with Crippen molar-refractivity contribution in [1.82, 2.24) is 15.5 Å². The van der Waals surface area contributed by atoms with Gasteiger partial charge in [-0.1, -0.05) is 28.8 Å². The van der Waals surface area contributed by atoms with Gasteiger partial charge in [-0.25, -0.2) is 0 Å².